The van der Waals surface area contributed by atoms with Crippen LogP contribution in [-0.2, 0) is 29.5 Å². The summed E-state index contributed by atoms with van der Waals surface area (Å²) < 4.78 is 28.4. The van der Waals surface area contributed by atoms with E-state index < -0.39 is 10.0 Å². The summed E-state index contributed by atoms with van der Waals surface area (Å²) in [5.41, 5.74) is 6.95. The van der Waals surface area contributed by atoms with Gasteiger partial charge in [-0.15, -0.1) is 11.3 Å². The molecular weight excluding hydrogens is 392 g/mol. The average Bonchev–Trinajstić information content (AvgIpc) is 3.45. The van der Waals surface area contributed by atoms with Crippen molar-refractivity contribution in [3.05, 3.63) is 52.8 Å². The minimum atomic E-state index is -3.26. The third-order valence-corrected chi connectivity index (χ3v) is 8.05. The fraction of sp³-hybridized carbons (Fsp3) is 0.400. The second-order valence-electron chi connectivity index (χ2n) is 7.64. The van der Waals surface area contributed by atoms with Gasteiger partial charge in [-0.2, -0.15) is 0 Å². The molecule has 0 atom stereocenters. The Bertz CT molecular complexity index is 1120. The zero-order chi connectivity index (χ0) is 19.1. The summed E-state index contributed by atoms with van der Waals surface area (Å²) >= 11 is 1.66. The van der Waals surface area contributed by atoms with Crippen molar-refractivity contribution < 1.29 is 8.42 Å². The Morgan fingerprint density at radius 1 is 1.21 bits per heavy atom. The average molecular weight is 415 g/mol. The Balaban J connectivity index is 1.35. The molecule has 1 aliphatic carbocycles. The van der Waals surface area contributed by atoms with E-state index >= 15 is 0 Å². The predicted octanol–water partition coefficient (Wildman–Crippen LogP) is 3.54. The Hall–Kier alpha value is -2.03. The summed E-state index contributed by atoms with van der Waals surface area (Å²) in [6, 6.07) is 8.44. The fourth-order valence-corrected chi connectivity index (χ4v) is 5.79. The lowest BCUT2D eigenvalue weighted by Crippen LogP contribution is -2.23. The second kappa shape index (κ2) is 7.09. The van der Waals surface area contributed by atoms with Crippen molar-refractivity contribution in [3.8, 4) is 0 Å². The van der Waals surface area contributed by atoms with Crippen molar-refractivity contribution >= 4 is 37.3 Å². The van der Waals surface area contributed by atoms with Gasteiger partial charge in [-0.05, 0) is 61.6 Å². The highest BCUT2D eigenvalue weighted by molar-refractivity contribution is 7.93. The molecule has 0 unspecified atom stereocenters. The highest BCUT2D eigenvalue weighted by Gasteiger charge is 2.35. The largest absolute Gasteiger partial charge is 0.295 e. The number of hydrogen-bond donors (Lipinski definition) is 1. The topological polar surface area (TPSA) is 75.2 Å². The van der Waals surface area contributed by atoms with Crippen LogP contribution in [0.5, 0.6) is 0 Å². The summed E-state index contributed by atoms with van der Waals surface area (Å²) in [5, 5.41) is -0.233. The highest BCUT2D eigenvalue weighted by Crippen LogP contribution is 2.30. The summed E-state index contributed by atoms with van der Waals surface area (Å²) in [6.45, 7) is 2.62. The number of nitrogens with zero attached hydrogens (tertiary/aromatic N) is 3. The predicted molar refractivity (Wildman–Crippen MR) is 112 cm³/mol. The fourth-order valence-electron chi connectivity index (χ4n) is 3.77. The molecule has 0 bridgehead atoms. The van der Waals surface area contributed by atoms with Gasteiger partial charge in [0.05, 0.1) is 32.9 Å². The lowest BCUT2D eigenvalue weighted by atomic mass is 10.1. The normalized spacial score (nSPS) is 18.0. The Morgan fingerprint density at radius 3 is 2.96 bits per heavy atom. The molecule has 146 valence electrons. The number of sulfonamides is 1. The van der Waals surface area contributed by atoms with Crippen LogP contribution in [0.2, 0.25) is 0 Å². The zero-order valence-electron chi connectivity index (χ0n) is 15.5. The number of nitrogens with one attached hydrogen (secondary N) is 1. The molecule has 1 N–H and O–H groups in total. The van der Waals surface area contributed by atoms with Gasteiger partial charge in [-0.25, -0.2) is 13.4 Å². The van der Waals surface area contributed by atoms with Gasteiger partial charge in [0.2, 0.25) is 10.0 Å². The smallest absolute Gasteiger partial charge is 0.235 e. The molecule has 8 heteroatoms. The summed E-state index contributed by atoms with van der Waals surface area (Å²) in [7, 11) is -3.26. The van der Waals surface area contributed by atoms with Crippen molar-refractivity contribution in [3.63, 3.8) is 0 Å². The molecule has 1 fully saturated rings. The summed E-state index contributed by atoms with van der Waals surface area (Å²) in [4.78, 5) is 11.4. The molecule has 1 aromatic carbocycles. The number of hydrogen-bond acceptors (Lipinski definition) is 6. The standard InChI is InChI=1S/C20H22N4O2S2/c25-28(26,17-4-5-17)23-16-9-15-12-24(7-1-2-18(15)21-10-16)11-14-3-6-20-19(8-14)22-13-27-20/h3,6,8-10,13,17,23H,1-2,4-5,7,11-12H2. The Labute approximate surface area is 168 Å². The van der Waals surface area contributed by atoms with Gasteiger partial charge in [0.15, 0.2) is 0 Å². The van der Waals surface area contributed by atoms with Crippen LogP contribution in [0.15, 0.2) is 36.0 Å². The van der Waals surface area contributed by atoms with E-state index in [-0.39, 0.29) is 5.25 Å². The molecule has 3 heterocycles. The van der Waals surface area contributed by atoms with Crippen molar-refractivity contribution in [1.82, 2.24) is 14.9 Å². The maximum Gasteiger partial charge on any atom is 0.235 e. The quantitative estimate of drug-likeness (QED) is 0.691. The van der Waals surface area contributed by atoms with Crippen LogP contribution in [0.3, 0.4) is 0 Å². The lowest BCUT2D eigenvalue weighted by molar-refractivity contribution is 0.261. The van der Waals surface area contributed by atoms with Crippen LogP contribution in [0.1, 0.15) is 36.1 Å². The molecule has 0 saturated heterocycles. The third kappa shape index (κ3) is 3.76. The molecule has 2 aromatic heterocycles. The Kier molecular flexibility index (Phi) is 4.57. The van der Waals surface area contributed by atoms with Crippen LogP contribution >= 0.6 is 11.3 Å². The van der Waals surface area contributed by atoms with Gasteiger partial charge >= 0.3 is 0 Å². The molecule has 5 rings (SSSR count). The van der Waals surface area contributed by atoms with Crippen molar-refractivity contribution in [2.45, 2.75) is 44.0 Å². The minimum Gasteiger partial charge on any atom is -0.295 e. The van der Waals surface area contributed by atoms with Crippen LogP contribution in [0.25, 0.3) is 10.2 Å². The van der Waals surface area contributed by atoms with Crippen LogP contribution in [-0.4, -0.2) is 35.1 Å². The van der Waals surface area contributed by atoms with E-state index in [4.69, 9.17) is 0 Å². The van der Waals surface area contributed by atoms with Crippen LogP contribution in [0, 0.1) is 0 Å². The molecule has 28 heavy (non-hydrogen) atoms. The van der Waals surface area contributed by atoms with E-state index in [1.807, 2.05) is 11.6 Å². The number of benzene rings is 1. The molecule has 3 aromatic rings. The van der Waals surface area contributed by atoms with Crippen molar-refractivity contribution in [1.29, 1.82) is 0 Å². The summed E-state index contributed by atoms with van der Waals surface area (Å²) in [5.74, 6) is 0. The number of aromatic nitrogens is 2. The first-order valence-corrected chi connectivity index (χ1v) is 12.0. The third-order valence-electron chi connectivity index (χ3n) is 5.37. The molecule has 1 aliphatic heterocycles. The van der Waals surface area contributed by atoms with E-state index in [0.717, 1.165) is 62.1 Å². The monoisotopic (exact) mass is 414 g/mol. The van der Waals surface area contributed by atoms with Gasteiger partial charge in [0.1, 0.15) is 0 Å². The van der Waals surface area contributed by atoms with Crippen LogP contribution < -0.4 is 4.72 Å². The number of thiazole rings is 1. The maximum absolute atomic E-state index is 12.2. The lowest BCUT2D eigenvalue weighted by Gasteiger charge is -2.20. The number of aryl methyl sites for hydroxylation is 1. The van der Waals surface area contributed by atoms with E-state index in [2.05, 4.69) is 37.8 Å². The molecule has 0 amide bonds. The van der Waals surface area contributed by atoms with E-state index in [0.29, 0.717) is 5.69 Å². The molecule has 0 spiro atoms. The molecule has 1 saturated carbocycles. The van der Waals surface area contributed by atoms with E-state index in [1.165, 1.54) is 10.3 Å². The van der Waals surface area contributed by atoms with Crippen molar-refractivity contribution in [2.24, 2.45) is 0 Å². The number of rotatable bonds is 5. The van der Waals surface area contributed by atoms with Gasteiger partial charge < -0.3 is 0 Å². The van der Waals surface area contributed by atoms with Gasteiger partial charge in [0.25, 0.3) is 0 Å². The minimum absolute atomic E-state index is 0.233. The number of anilines is 1. The zero-order valence-corrected chi connectivity index (χ0v) is 17.1. The first-order valence-electron chi connectivity index (χ1n) is 9.61. The van der Waals surface area contributed by atoms with E-state index in [9.17, 15) is 8.42 Å². The first-order chi connectivity index (χ1) is 13.6. The summed E-state index contributed by atoms with van der Waals surface area (Å²) in [6.07, 6.45) is 5.14. The SMILES string of the molecule is O=S(=O)(Nc1cnc2c(c1)CN(Cc1ccc3scnc3c1)CCC2)C1CC1. The van der Waals surface area contributed by atoms with E-state index in [1.54, 1.807) is 17.5 Å². The maximum atomic E-state index is 12.2. The molecule has 6 nitrogen and oxygen atoms in total. The second-order valence-corrected chi connectivity index (χ2v) is 10.5. The highest BCUT2D eigenvalue weighted by atomic mass is 32.2. The van der Waals surface area contributed by atoms with Gasteiger partial charge in [0, 0.05) is 18.8 Å². The van der Waals surface area contributed by atoms with Gasteiger partial charge in [-0.1, -0.05) is 6.07 Å². The van der Waals surface area contributed by atoms with Crippen LogP contribution in [0.4, 0.5) is 5.69 Å². The Morgan fingerprint density at radius 2 is 2.11 bits per heavy atom. The molecule has 0 radical (unpaired) electrons. The molecular formula is C20H22N4O2S2. The van der Waals surface area contributed by atoms with Crippen molar-refractivity contribution in [2.75, 3.05) is 11.3 Å². The molecule has 2 aliphatic rings. The van der Waals surface area contributed by atoms with Gasteiger partial charge in [-0.3, -0.25) is 14.6 Å². The number of fused-ring (bicyclic) bond motifs is 2. The first kappa shape index (κ1) is 18.0. The number of pyridine rings is 1.